The lowest BCUT2D eigenvalue weighted by Crippen LogP contribution is -2.18. The molecule has 0 aromatic heterocycles. The topological polar surface area (TPSA) is 88.1 Å². The lowest BCUT2D eigenvalue weighted by Gasteiger charge is -2.06. The van der Waals surface area contributed by atoms with E-state index in [2.05, 4.69) is 10.1 Å². The Balaban J connectivity index is 2.47. The first-order valence-electron chi connectivity index (χ1n) is 4.49. The lowest BCUT2D eigenvalue weighted by atomic mass is 10.2. The monoisotopic (exact) mass is 223 g/mol. The van der Waals surface area contributed by atoms with Crippen LogP contribution in [0.25, 0.3) is 0 Å². The number of benzene rings is 1. The predicted octanol–water partition coefficient (Wildman–Crippen LogP) is 1.20. The van der Waals surface area contributed by atoms with Crippen LogP contribution in [0.1, 0.15) is 5.56 Å². The maximum Gasteiger partial charge on any atom is 0.404 e. The van der Waals surface area contributed by atoms with Crippen molar-refractivity contribution in [2.75, 3.05) is 18.5 Å². The molecule has 0 heterocycles. The van der Waals surface area contributed by atoms with Crippen molar-refractivity contribution in [1.82, 2.24) is 0 Å². The fourth-order valence-corrected chi connectivity index (χ4v) is 1.06. The van der Waals surface area contributed by atoms with Crippen LogP contribution in [0.15, 0.2) is 18.2 Å². The van der Waals surface area contributed by atoms with Crippen LogP contribution >= 0.6 is 0 Å². The first kappa shape index (κ1) is 11.8. The Hall–Kier alpha value is -2.29. The van der Waals surface area contributed by atoms with Gasteiger partial charge in [-0.1, -0.05) is 0 Å². The van der Waals surface area contributed by atoms with Crippen LogP contribution in [-0.4, -0.2) is 19.2 Å². The van der Waals surface area contributed by atoms with Crippen LogP contribution in [0.2, 0.25) is 0 Å². The average molecular weight is 223 g/mol. The van der Waals surface area contributed by atoms with Crippen LogP contribution in [0.5, 0.6) is 0 Å². The van der Waals surface area contributed by atoms with Crippen molar-refractivity contribution in [3.05, 3.63) is 29.6 Å². The van der Waals surface area contributed by atoms with E-state index in [4.69, 9.17) is 11.0 Å². The van der Waals surface area contributed by atoms with E-state index in [9.17, 15) is 9.18 Å². The molecule has 5 nitrogen and oxygen atoms in total. The van der Waals surface area contributed by atoms with E-state index < -0.39 is 11.9 Å². The molecule has 0 aliphatic heterocycles. The Bertz CT molecular complexity index is 429. The SMILES string of the molecule is N#Cc1ccc(NCCOC(N)=O)cc1F. The lowest BCUT2D eigenvalue weighted by molar-refractivity contribution is 0.161. The summed E-state index contributed by atoms with van der Waals surface area (Å²) >= 11 is 0. The number of nitrogens with one attached hydrogen (secondary N) is 1. The van der Waals surface area contributed by atoms with Gasteiger partial charge in [0.05, 0.1) is 5.56 Å². The highest BCUT2D eigenvalue weighted by atomic mass is 19.1. The highest BCUT2D eigenvalue weighted by Crippen LogP contribution is 2.13. The number of nitriles is 1. The van der Waals surface area contributed by atoms with Crippen LogP contribution in [-0.2, 0) is 4.74 Å². The van der Waals surface area contributed by atoms with Gasteiger partial charge in [0, 0.05) is 12.2 Å². The van der Waals surface area contributed by atoms with Crippen LogP contribution in [0, 0.1) is 17.1 Å². The molecule has 0 radical (unpaired) electrons. The molecule has 0 fully saturated rings. The number of rotatable bonds is 4. The number of halogens is 1. The molecule has 3 N–H and O–H groups in total. The van der Waals surface area contributed by atoms with Crippen molar-refractivity contribution in [2.45, 2.75) is 0 Å². The molecule has 0 spiro atoms. The molecular weight excluding hydrogens is 213 g/mol. The predicted molar refractivity (Wildman–Crippen MR) is 55.1 cm³/mol. The molecule has 0 saturated heterocycles. The van der Waals surface area contributed by atoms with Gasteiger partial charge < -0.3 is 15.8 Å². The van der Waals surface area contributed by atoms with Crippen molar-refractivity contribution in [3.8, 4) is 6.07 Å². The van der Waals surface area contributed by atoms with Gasteiger partial charge in [-0.05, 0) is 18.2 Å². The van der Waals surface area contributed by atoms with E-state index in [-0.39, 0.29) is 12.2 Å². The number of anilines is 1. The van der Waals surface area contributed by atoms with Crippen LogP contribution in [0.4, 0.5) is 14.9 Å². The smallest absolute Gasteiger partial charge is 0.404 e. The van der Waals surface area contributed by atoms with Gasteiger partial charge in [0.2, 0.25) is 0 Å². The number of carbonyl (C=O) groups excluding carboxylic acids is 1. The average Bonchev–Trinajstić information content (AvgIpc) is 2.24. The summed E-state index contributed by atoms with van der Waals surface area (Å²) < 4.78 is 17.6. The Morgan fingerprint density at radius 3 is 2.94 bits per heavy atom. The molecule has 1 amide bonds. The van der Waals surface area contributed by atoms with Crippen molar-refractivity contribution < 1.29 is 13.9 Å². The van der Waals surface area contributed by atoms with E-state index in [1.807, 2.05) is 0 Å². The molecular formula is C10H10FN3O2. The van der Waals surface area contributed by atoms with Gasteiger partial charge in [0.1, 0.15) is 18.5 Å². The van der Waals surface area contributed by atoms with Gasteiger partial charge in [0.15, 0.2) is 0 Å². The highest BCUT2D eigenvalue weighted by Gasteiger charge is 2.02. The third-order valence-corrected chi connectivity index (χ3v) is 1.77. The summed E-state index contributed by atoms with van der Waals surface area (Å²) in [5.41, 5.74) is 5.24. The Morgan fingerprint density at radius 2 is 2.38 bits per heavy atom. The second-order valence-electron chi connectivity index (χ2n) is 2.90. The molecule has 0 unspecified atom stereocenters. The summed E-state index contributed by atoms with van der Waals surface area (Å²) in [6.45, 7) is 0.408. The van der Waals surface area contributed by atoms with Crippen molar-refractivity contribution >= 4 is 11.8 Å². The summed E-state index contributed by atoms with van der Waals surface area (Å²) in [6.07, 6.45) is -0.854. The minimum Gasteiger partial charge on any atom is -0.448 e. The quantitative estimate of drug-likeness (QED) is 0.751. The second-order valence-corrected chi connectivity index (χ2v) is 2.90. The number of primary amides is 1. The molecule has 16 heavy (non-hydrogen) atoms. The molecule has 0 atom stereocenters. The molecule has 0 saturated carbocycles. The molecule has 1 aromatic rings. The summed E-state index contributed by atoms with van der Waals surface area (Å²) in [6, 6.07) is 5.84. The van der Waals surface area contributed by atoms with Gasteiger partial charge >= 0.3 is 6.09 Å². The fraction of sp³-hybridized carbons (Fsp3) is 0.200. The number of nitrogens with two attached hydrogens (primary N) is 1. The largest absolute Gasteiger partial charge is 0.448 e. The number of ether oxygens (including phenoxy) is 1. The third-order valence-electron chi connectivity index (χ3n) is 1.77. The fourth-order valence-electron chi connectivity index (χ4n) is 1.06. The van der Waals surface area contributed by atoms with E-state index in [0.717, 1.165) is 0 Å². The molecule has 0 aliphatic rings. The Morgan fingerprint density at radius 1 is 1.62 bits per heavy atom. The maximum absolute atomic E-state index is 13.1. The van der Waals surface area contributed by atoms with Crippen LogP contribution < -0.4 is 11.1 Å². The summed E-state index contributed by atoms with van der Waals surface area (Å²) in [4.78, 5) is 10.2. The van der Waals surface area contributed by atoms with E-state index in [0.29, 0.717) is 12.2 Å². The van der Waals surface area contributed by atoms with Crippen molar-refractivity contribution in [1.29, 1.82) is 5.26 Å². The summed E-state index contributed by atoms with van der Waals surface area (Å²) in [5.74, 6) is -0.594. The van der Waals surface area contributed by atoms with Gasteiger partial charge in [-0.2, -0.15) is 5.26 Å². The highest BCUT2D eigenvalue weighted by molar-refractivity contribution is 5.64. The van der Waals surface area contributed by atoms with E-state index in [1.165, 1.54) is 12.1 Å². The zero-order valence-electron chi connectivity index (χ0n) is 8.37. The molecule has 1 rings (SSSR count). The minimum absolute atomic E-state index is 0.0149. The zero-order chi connectivity index (χ0) is 12.0. The first-order valence-corrected chi connectivity index (χ1v) is 4.49. The van der Waals surface area contributed by atoms with Crippen LogP contribution in [0.3, 0.4) is 0 Å². The summed E-state index contributed by atoms with van der Waals surface area (Å²) in [7, 11) is 0. The summed E-state index contributed by atoms with van der Waals surface area (Å²) in [5, 5.41) is 11.3. The number of hydrogen-bond acceptors (Lipinski definition) is 4. The second kappa shape index (κ2) is 5.56. The first-order chi connectivity index (χ1) is 7.63. The van der Waals surface area contributed by atoms with E-state index in [1.54, 1.807) is 12.1 Å². The van der Waals surface area contributed by atoms with Crippen molar-refractivity contribution in [3.63, 3.8) is 0 Å². The number of nitrogens with zero attached hydrogens (tertiary/aromatic N) is 1. The van der Waals surface area contributed by atoms with Gasteiger partial charge in [-0.15, -0.1) is 0 Å². The molecule has 0 bridgehead atoms. The van der Waals surface area contributed by atoms with Gasteiger partial charge in [-0.3, -0.25) is 0 Å². The molecule has 84 valence electrons. The number of amides is 1. The number of carbonyl (C=O) groups is 1. The zero-order valence-corrected chi connectivity index (χ0v) is 8.37. The minimum atomic E-state index is -0.854. The van der Waals surface area contributed by atoms with E-state index >= 15 is 0 Å². The molecule has 0 aliphatic carbocycles. The Kier molecular flexibility index (Phi) is 4.09. The maximum atomic E-state index is 13.1. The standard InChI is InChI=1S/C10H10FN3O2/c11-9-5-8(2-1-7(9)6-12)14-3-4-16-10(13)15/h1-2,5,14H,3-4H2,(H2,13,15). The van der Waals surface area contributed by atoms with Gasteiger partial charge in [-0.25, -0.2) is 9.18 Å². The Labute approximate surface area is 91.6 Å². The molecule has 6 heteroatoms. The van der Waals surface area contributed by atoms with Gasteiger partial charge in [0.25, 0.3) is 0 Å². The third kappa shape index (κ3) is 3.46. The van der Waals surface area contributed by atoms with Crippen molar-refractivity contribution in [2.24, 2.45) is 5.73 Å². The normalized spacial score (nSPS) is 9.25. The molecule has 1 aromatic carbocycles. The number of hydrogen-bond donors (Lipinski definition) is 2.